The number of amides is 3. The van der Waals surface area contributed by atoms with E-state index < -0.39 is 38.1 Å². The van der Waals surface area contributed by atoms with Gasteiger partial charge in [0.1, 0.15) is 0 Å². The van der Waals surface area contributed by atoms with Gasteiger partial charge in [0.25, 0.3) is 21.6 Å². The number of alkyl halides is 3. The second kappa shape index (κ2) is 7.23. The number of carbonyl (C=O) groups excluding carboxylic acids is 2. The summed E-state index contributed by atoms with van der Waals surface area (Å²) >= 11 is 0.298. The van der Waals surface area contributed by atoms with Crippen LogP contribution in [0.2, 0.25) is 0 Å². The predicted octanol–water partition coefficient (Wildman–Crippen LogP) is 0.452. The number of urea groups is 1. The normalized spacial score (nSPS) is 20.2. The second-order valence-electron chi connectivity index (χ2n) is 5.88. The Bertz CT molecular complexity index is 1040. The van der Waals surface area contributed by atoms with Gasteiger partial charge in [-0.2, -0.15) is 17.9 Å². The first-order valence-corrected chi connectivity index (χ1v) is 10.1. The standard InChI is InChI=1S/C14H13F3N6O4S2/c15-14(16,17)13(22-29(26,27)12-21-20-10(18)28-12)9(24)23(11(25)19-13)7-6-8-4-2-1-3-5-8/h1-5,22H,6-7H2,(H2,18,20)(H,19,25). The Hall–Kier alpha value is -2.78. The van der Waals surface area contributed by atoms with E-state index in [0.29, 0.717) is 21.8 Å². The molecule has 1 fully saturated rings. The van der Waals surface area contributed by atoms with Gasteiger partial charge in [0.05, 0.1) is 0 Å². The van der Waals surface area contributed by atoms with Crippen molar-refractivity contribution in [2.45, 2.75) is 22.6 Å². The summed E-state index contributed by atoms with van der Waals surface area (Å²) in [7, 11) is -4.98. The fraction of sp³-hybridized carbons (Fsp3) is 0.286. The van der Waals surface area contributed by atoms with Crippen LogP contribution >= 0.6 is 11.3 Å². The quantitative estimate of drug-likeness (QED) is 0.542. The van der Waals surface area contributed by atoms with Gasteiger partial charge in [0.2, 0.25) is 9.47 Å². The lowest BCUT2D eigenvalue weighted by Gasteiger charge is -2.29. The van der Waals surface area contributed by atoms with Crippen molar-refractivity contribution >= 4 is 38.4 Å². The zero-order chi connectivity index (χ0) is 21.4. The molecule has 0 aliphatic carbocycles. The number of aromatic nitrogens is 2. The number of rotatable bonds is 6. The molecule has 2 aromatic rings. The first kappa shape index (κ1) is 20.9. The van der Waals surface area contributed by atoms with Gasteiger partial charge in [0, 0.05) is 6.54 Å². The minimum atomic E-state index is -5.48. The van der Waals surface area contributed by atoms with E-state index in [0.717, 1.165) is 0 Å². The molecule has 1 atom stereocenters. The van der Waals surface area contributed by atoms with Crippen LogP contribution in [0.5, 0.6) is 0 Å². The number of sulfonamides is 1. The van der Waals surface area contributed by atoms with Crippen LogP contribution in [0, 0.1) is 0 Å². The minimum Gasteiger partial charge on any atom is -0.374 e. The highest BCUT2D eigenvalue weighted by Gasteiger charge is 2.69. The Labute approximate surface area is 166 Å². The van der Waals surface area contributed by atoms with E-state index in [4.69, 9.17) is 5.73 Å². The third-order valence-electron chi connectivity index (χ3n) is 3.94. The molecule has 0 radical (unpaired) electrons. The summed E-state index contributed by atoms with van der Waals surface area (Å²) in [5.74, 6) is -1.80. The van der Waals surface area contributed by atoms with Crippen LogP contribution in [-0.2, 0) is 21.2 Å². The summed E-state index contributed by atoms with van der Waals surface area (Å²) < 4.78 is 66.3. The molecule has 1 saturated heterocycles. The highest BCUT2D eigenvalue weighted by molar-refractivity contribution is 7.91. The molecule has 1 aliphatic rings. The molecule has 2 heterocycles. The van der Waals surface area contributed by atoms with Gasteiger partial charge in [-0.3, -0.25) is 9.69 Å². The number of benzene rings is 1. The Morgan fingerprint density at radius 3 is 2.41 bits per heavy atom. The van der Waals surface area contributed by atoms with E-state index in [9.17, 15) is 31.2 Å². The molecule has 0 bridgehead atoms. The molecule has 3 rings (SSSR count). The number of anilines is 1. The number of hydrogen-bond donors (Lipinski definition) is 3. The Morgan fingerprint density at radius 2 is 1.86 bits per heavy atom. The third-order valence-corrected chi connectivity index (χ3v) is 6.51. The fourth-order valence-corrected chi connectivity index (χ4v) is 4.61. The minimum absolute atomic E-state index is 0.0770. The van der Waals surface area contributed by atoms with Crippen LogP contribution in [0.3, 0.4) is 0 Å². The number of nitrogens with zero attached hydrogens (tertiary/aromatic N) is 3. The molecule has 29 heavy (non-hydrogen) atoms. The molecule has 0 spiro atoms. The average molecular weight is 450 g/mol. The molecule has 156 valence electrons. The molecular formula is C14H13F3N6O4S2. The largest absolute Gasteiger partial charge is 0.435 e. The Balaban J connectivity index is 1.90. The monoisotopic (exact) mass is 450 g/mol. The van der Waals surface area contributed by atoms with Crippen molar-refractivity contribution in [2.75, 3.05) is 12.3 Å². The van der Waals surface area contributed by atoms with Gasteiger partial charge in [-0.05, 0) is 12.0 Å². The summed E-state index contributed by atoms with van der Waals surface area (Å²) in [6, 6.07) is 7.03. The summed E-state index contributed by atoms with van der Waals surface area (Å²) in [5, 5.41) is 7.50. The van der Waals surface area contributed by atoms with E-state index in [1.54, 1.807) is 30.3 Å². The van der Waals surface area contributed by atoms with E-state index in [2.05, 4.69) is 10.2 Å². The summed E-state index contributed by atoms with van der Waals surface area (Å²) in [4.78, 5) is 25.0. The van der Waals surface area contributed by atoms with E-state index >= 15 is 0 Å². The van der Waals surface area contributed by atoms with Crippen LogP contribution in [0.4, 0.5) is 23.1 Å². The lowest BCUT2D eigenvalue weighted by atomic mass is 10.1. The number of halogens is 3. The van der Waals surface area contributed by atoms with Crippen LogP contribution in [-0.4, -0.2) is 53.8 Å². The van der Waals surface area contributed by atoms with Crippen molar-refractivity contribution in [2.24, 2.45) is 0 Å². The maximum Gasteiger partial charge on any atom is 0.435 e. The Kier molecular flexibility index (Phi) is 5.22. The number of carbonyl (C=O) groups is 2. The van der Waals surface area contributed by atoms with Crippen LogP contribution in [0.25, 0.3) is 0 Å². The summed E-state index contributed by atoms with van der Waals surface area (Å²) in [5.41, 5.74) is 2.05. The highest BCUT2D eigenvalue weighted by Crippen LogP contribution is 2.35. The predicted molar refractivity (Wildman–Crippen MR) is 93.8 cm³/mol. The highest BCUT2D eigenvalue weighted by atomic mass is 32.2. The average Bonchev–Trinajstić information content (AvgIpc) is 3.17. The zero-order valence-electron chi connectivity index (χ0n) is 14.3. The SMILES string of the molecule is Nc1nnc(S(=O)(=O)NC2(C(F)(F)F)NC(=O)N(CCc3ccccc3)C2=O)s1. The number of imide groups is 1. The lowest BCUT2D eigenvalue weighted by molar-refractivity contribution is -0.198. The van der Waals surface area contributed by atoms with Crippen molar-refractivity contribution in [1.82, 2.24) is 25.1 Å². The van der Waals surface area contributed by atoms with Crippen molar-refractivity contribution in [3.05, 3.63) is 35.9 Å². The number of hydrogen-bond acceptors (Lipinski definition) is 8. The van der Waals surface area contributed by atoms with Gasteiger partial charge in [-0.1, -0.05) is 41.7 Å². The summed E-state index contributed by atoms with van der Waals surface area (Å²) in [6.45, 7) is -0.389. The molecule has 4 N–H and O–H groups in total. The number of nitrogens with one attached hydrogen (secondary N) is 2. The van der Waals surface area contributed by atoms with E-state index in [-0.39, 0.29) is 18.1 Å². The van der Waals surface area contributed by atoms with Crippen LogP contribution < -0.4 is 15.8 Å². The van der Waals surface area contributed by atoms with Gasteiger partial charge < -0.3 is 11.1 Å². The van der Waals surface area contributed by atoms with Gasteiger partial charge in [0.15, 0.2) is 0 Å². The first-order chi connectivity index (χ1) is 13.5. The summed E-state index contributed by atoms with van der Waals surface area (Å²) in [6.07, 6.45) is -5.40. The van der Waals surface area contributed by atoms with Crippen molar-refractivity contribution in [3.63, 3.8) is 0 Å². The molecular weight excluding hydrogens is 437 g/mol. The van der Waals surface area contributed by atoms with Gasteiger partial charge >= 0.3 is 12.2 Å². The maximum absolute atomic E-state index is 13.8. The number of nitrogens with two attached hydrogens (primary N) is 1. The number of nitrogen functional groups attached to an aromatic ring is 1. The van der Waals surface area contributed by atoms with Crippen molar-refractivity contribution in [3.8, 4) is 0 Å². The molecule has 10 nitrogen and oxygen atoms in total. The van der Waals surface area contributed by atoms with Crippen LogP contribution in [0.1, 0.15) is 5.56 Å². The first-order valence-electron chi connectivity index (χ1n) is 7.84. The van der Waals surface area contributed by atoms with Crippen molar-refractivity contribution < 1.29 is 31.2 Å². The second-order valence-corrected chi connectivity index (χ2v) is 8.75. The lowest BCUT2D eigenvalue weighted by Crippen LogP contribution is -2.69. The van der Waals surface area contributed by atoms with Crippen molar-refractivity contribution in [1.29, 1.82) is 0 Å². The zero-order valence-corrected chi connectivity index (χ0v) is 15.9. The smallest absolute Gasteiger partial charge is 0.374 e. The maximum atomic E-state index is 13.8. The van der Waals surface area contributed by atoms with E-state index in [1.165, 1.54) is 10.0 Å². The van der Waals surface area contributed by atoms with E-state index in [1.807, 2.05) is 0 Å². The Morgan fingerprint density at radius 1 is 1.21 bits per heavy atom. The van der Waals surface area contributed by atoms with Gasteiger partial charge in [-0.25, -0.2) is 13.2 Å². The molecule has 1 aromatic carbocycles. The molecule has 3 amide bonds. The molecule has 1 aromatic heterocycles. The fourth-order valence-electron chi connectivity index (χ4n) is 2.56. The van der Waals surface area contributed by atoms with Gasteiger partial charge in [-0.15, -0.1) is 10.2 Å². The van der Waals surface area contributed by atoms with Crippen LogP contribution in [0.15, 0.2) is 34.7 Å². The topological polar surface area (TPSA) is 147 Å². The molecule has 1 unspecified atom stereocenters. The molecule has 0 saturated carbocycles. The third kappa shape index (κ3) is 3.88. The molecule has 1 aliphatic heterocycles. The molecule has 15 heteroatoms.